The number of aryl methyl sites for hydroxylation is 1. The quantitative estimate of drug-likeness (QED) is 0.836. The van der Waals surface area contributed by atoms with Crippen molar-refractivity contribution < 1.29 is 9.47 Å². The van der Waals surface area contributed by atoms with E-state index in [1.54, 1.807) is 6.20 Å². The van der Waals surface area contributed by atoms with Crippen molar-refractivity contribution in [3.8, 4) is 11.5 Å². The minimum Gasteiger partial charge on any atom is -0.486 e. The standard InChI is InChI=1S/C13H14N2O2.ClH/c1-15-7-6-14-13(15)8-10-9-16-11-4-2-3-5-12(11)17-10;/h2-7,10H,8-9H2,1H3;1H. The first-order valence-corrected chi connectivity index (χ1v) is 5.67. The molecule has 3 rings (SSSR count). The van der Waals surface area contributed by atoms with Gasteiger partial charge in [-0.05, 0) is 12.1 Å². The molecule has 0 amide bonds. The normalized spacial score (nSPS) is 17.1. The van der Waals surface area contributed by atoms with Crippen LogP contribution in [0.1, 0.15) is 5.82 Å². The molecule has 18 heavy (non-hydrogen) atoms. The Bertz CT molecular complexity index is 527. The van der Waals surface area contributed by atoms with E-state index in [4.69, 9.17) is 9.47 Å². The number of imidazole rings is 1. The molecule has 1 aromatic carbocycles. The molecular formula is C13H15ClN2O2. The lowest BCUT2D eigenvalue weighted by Crippen LogP contribution is -2.31. The summed E-state index contributed by atoms with van der Waals surface area (Å²) in [6, 6.07) is 7.75. The van der Waals surface area contributed by atoms with Crippen LogP contribution in [-0.2, 0) is 13.5 Å². The predicted molar refractivity (Wildman–Crippen MR) is 70.5 cm³/mol. The summed E-state index contributed by atoms with van der Waals surface area (Å²) in [5.41, 5.74) is 0. The van der Waals surface area contributed by atoms with Crippen LogP contribution in [0.5, 0.6) is 11.5 Å². The third-order valence-corrected chi connectivity index (χ3v) is 2.90. The predicted octanol–water partition coefficient (Wildman–Crippen LogP) is 2.22. The number of nitrogens with zero attached hydrogens (tertiary/aromatic N) is 2. The van der Waals surface area contributed by atoms with Crippen molar-refractivity contribution in [2.45, 2.75) is 12.5 Å². The number of para-hydroxylation sites is 2. The maximum absolute atomic E-state index is 5.88. The van der Waals surface area contributed by atoms with Gasteiger partial charge in [0.25, 0.3) is 0 Å². The largest absolute Gasteiger partial charge is 0.486 e. The fourth-order valence-electron chi connectivity index (χ4n) is 1.96. The monoisotopic (exact) mass is 266 g/mol. The molecule has 1 atom stereocenters. The third-order valence-electron chi connectivity index (χ3n) is 2.90. The number of ether oxygens (including phenoxy) is 2. The first kappa shape index (κ1) is 12.8. The summed E-state index contributed by atoms with van der Waals surface area (Å²) in [6.45, 7) is 0.573. The molecule has 5 heteroatoms. The molecule has 1 aliphatic heterocycles. The number of rotatable bonds is 2. The van der Waals surface area contributed by atoms with Gasteiger partial charge in [-0.15, -0.1) is 12.4 Å². The summed E-state index contributed by atoms with van der Waals surface area (Å²) in [7, 11) is 1.99. The van der Waals surface area contributed by atoms with Crippen LogP contribution in [0, 0.1) is 0 Å². The third kappa shape index (κ3) is 2.43. The van der Waals surface area contributed by atoms with Gasteiger partial charge in [0.05, 0.1) is 0 Å². The van der Waals surface area contributed by atoms with Crippen LogP contribution in [0.25, 0.3) is 0 Å². The smallest absolute Gasteiger partial charge is 0.161 e. The minimum atomic E-state index is 0. The molecule has 1 aromatic heterocycles. The van der Waals surface area contributed by atoms with Crippen molar-refractivity contribution >= 4 is 12.4 Å². The molecule has 0 radical (unpaired) electrons. The van der Waals surface area contributed by atoms with Crippen LogP contribution in [0.4, 0.5) is 0 Å². The second-order valence-electron chi connectivity index (χ2n) is 4.16. The van der Waals surface area contributed by atoms with Crippen molar-refractivity contribution in [1.29, 1.82) is 0 Å². The Morgan fingerprint density at radius 2 is 2.11 bits per heavy atom. The number of halogens is 1. The van der Waals surface area contributed by atoms with E-state index in [-0.39, 0.29) is 18.5 Å². The first-order chi connectivity index (χ1) is 8.33. The highest BCUT2D eigenvalue weighted by molar-refractivity contribution is 5.85. The SMILES string of the molecule is Cl.Cn1ccnc1CC1COc2ccccc2O1. The topological polar surface area (TPSA) is 36.3 Å². The summed E-state index contributed by atoms with van der Waals surface area (Å²) >= 11 is 0. The molecule has 0 fully saturated rings. The molecular weight excluding hydrogens is 252 g/mol. The van der Waals surface area contributed by atoms with Crippen molar-refractivity contribution in [3.05, 3.63) is 42.5 Å². The lowest BCUT2D eigenvalue weighted by molar-refractivity contribution is 0.0894. The second kappa shape index (κ2) is 5.31. The molecule has 2 aromatic rings. The zero-order valence-electron chi connectivity index (χ0n) is 10.1. The molecule has 0 saturated carbocycles. The second-order valence-corrected chi connectivity index (χ2v) is 4.16. The van der Waals surface area contributed by atoms with E-state index in [9.17, 15) is 0 Å². The van der Waals surface area contributed by atoms with Crippen molar-refractivity contribution in [2.24, 2.45) is 7.05 Å². The Morgan fingerprint density at radius 1 is 1.33 bits per heavy atom. The van der Waals surface area contributed by atoms with E-state index in [1.165, 1.54) is 0 Å². The van der Waals surface area contributed by atoms with E-state index in [0.29, 0.717) is 6.61 Å². The lowest BCUT2D eigenvalue weighted by Gasteiger charge is -2.26. The molecule has 0 saturated heterocycles. The van der Waals surface area contributed by atoms with Crippen molar-refractivity contribution in [2.75, 3.05) is 6.61 Å². The van der Waals surface area contributed by atoms with E-state index in [2.05, 4.69) is 4.98 Å². The van der Waals surface area contributed by atoms with Gasteiger partial charge < -0.3 is 14.0 Å². The molecule has 1 aliphatic rings. The molecule has 96 valence electrons. The van der Waals surface area contributed by atoms with Crippen LogP contribution >= 0.6 is 12.4 Å². The highest BCUT2D eigenvalue weighted by Gasteiger charge is 2.21. The van der Waals surface area contributed by atoms with Crippen molar-refractivity contribution in [1.82, 2.24) is 9.55 Å². The summed E-state index contributed by atoms with van der Waals surface area (Å²) in [5.74, 6) is 2.65. The van der Waals surface area contributed by atoms with Gasteiger partial charge in [0, 0.05) is 25.9 Å². The zero-order valence-corrected chi connectivity index (χ0v) is 10.9. The van der Waals surface area contributed by atoms with Gasteiger partial charge in [-0.25, -0.2) is 4.98 Å². The summed E-state index contributed by atoms with van der Waals surface area (Å²) < 4.78 is 13.5. The van der Waals surface area contributed by atoms with E-state index >= 15 is 0 Å². The van der Waals surface area contributed by atoms with E-state index in [0.717, 1.165) is 23.7 Å². The molecule has 4 nitrogen and oxygen atoms in total. The zero-order chi connectivity index (χ0) is 11.7. The summed E-state index contributed by atoms with van der Waals surface area (Å²) in [4.78, 5) is 4.29. The maximum atomic E-state index is 5.88. The lowest BCUT2D eigenvalue weighted by atomic mass is 10.2. The number of benzene rings is 1. The molecule has 1 unspecified atom stereocenters. The Labute approximate surface area is 112 Å². The van der Waals surface area contributed by atoms with E-state index in [1.807, 2.05) is 42.1 Å². The average Bonchev–Trinajstić information content (AvgIpc) is 2.75. The van der Waals surface area contributed by atoms with Gasteiger partial charge >= 0.3 is 0 Å². The Morgan fingerprint density at radius 3 is 2.83 bits per heavy atom. The highest BCUT2D eigenvalue weighted by atomic mass is 35.5. The van der Waals surface area contributed by atoms with Gasteiger partial charge in [-0.1, -0.05) is 12.1 Å². The van der Waals surface area contributed by atoms with Gasteiger partial charge in [-0.3, -0.25) is 0 Å². The maximum Gasteiger partial charge on any atom is 0.161 e. The van der Waals surface area contributed by atoms with Gasteiger partial charge in [0.1, 0.15) is 18.5 Å². The number of hydrogen-bond donors (Lipinski definition) is 0. The summed E-state index contributed by atoms with van der Waals surface area (Å²) in [6.07, 6.45) is 4.53. The molecule has 0 N–H and O–H groups in total. The highest BCUT2D eigenvalue weighted by Crippen LogP contribution is 2.31. The van der Waals surface area contributed by atoms with Crippen LogP contribution in [0.3, 0.4) is 0 Å². The van der Waals surface area contributed by atoms with Gasteiger partial charge in [0.2, 0.25) is 0 Å². The average molecular weight is 267 g/mol. The minimum absolute atomic E-state index is 0. The Hall–Kier alpha value is -1.68. The fraction of sp³-hybridized carbons (Fsp3) is 0.308. The molecule has 0 bridgehead atoms. The number of aromatic nitrogens is 2. The molecule has 0 aliphatic carbocycles. The van der Waals surface area contributed by atoms with Crippen LogP contribution < -0.4 is 9.47 Å². The van der Waals surface area contributed by atoms with Crippen molar-refractivity contribution in [3.63, 3.8) is 0 Å². The van der Waals surface area contributed by atoms with Crippen LogP contribution in [-0.4, -0.2) is 22.3 Å². The fourth-order valence-corrected chi connectivity index (χ4v) is 1.96. The number of hydrogen-bond acceptors (Lipinski definition) is 3. The van der Waals surface area contributed by atoms with Crippen LogP contribution in [0.2, 0.25) is 0 Å². The van der Waals surface area contributed by atoms with Crippen LogP contribution in [0.15, 0.2) is 36.7 Å². The number of fused-ring (bicyclic) bond motifs is 1. The molecule has 0 spiro atoms. The summed E-state index contributed by atoms with van der Waals surface area (Å²) in [5, 5.41) is 0. The molecule has 2 heterocycles. The van der Waals surface area contributed by atoms with Gasteiger partial charge in [-0.2, -0.15) is 0 Å². The Kier molecular flexibility index (Phi) is 3.77. The van der Waals surface area contributed by atoms with E-state index < -0.39 is 0 Å². The Balaban J connectivity index is 0.00000120. The van der Waals surface area contributed by atoms with Gasteiger partial charge in [0.15, 0.2) is 11.5 Å². The first-order valence-electron chi connectivity index (χ1n) is 5.67.